The lowest BCUT2D eigenvalue weighted by molar-refractivity contribution is -0.148. The van der Waals surface area contributed by atoms with E-state index in [-0.39, 0.29) is 13.2 Å². The number of hydrogen-bond acceptors (Lipinski definition) is 6. The molecular weight excluding hydrogens is 328 g/mol. The van der Waals surface area contributed by atoms with Crippen molar-refractivity contribution in [3.8, 4) is 11.5 Å². The summed E-state index contributed by atoms with van der Waals surface area (Å²) in [5, 5.41) is 2.72. The molecule has 1 heterocycles. The molecule has 0 spiro atoms. The zero-order chi connectivity index (χ0) is 18.4. The first kappa shape index (κ1) is 18.7. The summed E-state index contributed by atoms with van der Waals surface area (Å²) in [4.78, 5) is 28.3. The Bertz CT molecular complexity index is 673. The van der Waals surface area contributed by atoms with Gasteiger partial charge in [0.05, 0.1) is 26.9 Å². The average Bonchev–Trinajstić information content (AvgIpc) is 2.60. The second kappa shape index (κ2) is 8.48. The first-order valence-electron chi connectivity index (χ1n) is 7.75. The molecule has 0 saturated carbocycles. The molecule has 0 radical (unpaired) electrons. The standard InChI is InChI=1S/C17H22N2O6/c1-10-14(16(20)25-8-7-22-2)15(19-17(21)18-10)12-9-11(23-3)5-6-13(12)24-4/h5-6,9,14-15H,7-8H2,1-4H3,(H,19,21). The van der Waals surface area contributed by atoms with E-state index in [9.17, 15) is 9.59 Å². The number of rotatable bonds is 7. The molecule has 0 bridgehead atoms. The van der Waals surface area contributed by atoms with Crippen LogP contribution in [-0.2, 0) is 14.3 Å². The number of nitrogens with zero attached hydrogens (tertiary/aromatic N) is 1. The molecule has 1 aliphatic rings. The van der Waals surface area contributed by atoms with Gasteiger partial charge in [-0.2, -0.15) is 0 Å². The highest BCUT2D eigenvalue weighted by Gasteiger charge is 2.39. The van der Waals surface area contributed by atoms with Gasteiger partial charge in [0.15, 0.2) is 0 Å². The fraction of sp³-hybridized carbons (Fsp3) is 0.471. The van der Waals surface area contributed by atoms with Crippen LogP contribution in [-0.4, -0.2) is 52.3 Å². The molecule has 1 aromatic carbocycles. The van der Waals surface area contributed by atoms with Gasteiger partial charge in [0.1, 0.15) is 24.0 Å². The van der Waals surface area contributed by atoms with Crippen LogP contribution in [0.15, 0.2) is 23.2 Å². The summed E-state index contributed by atoms with van der Waals surface area (Å²) in [7, 11) is 4.57. The van der Waals surface area contributed by atoms with Crippen LogP contribution in [0.5, 0.6) is 11.5 Å². The van der Waals surface area contributed by atoms with Crippen LogP contribution < -0.4 is 14.8 Å². The second-order valence-electron chi connectivity index (χ2n) is 5.43. The summed E-state index contributed by atoms with van der Waals surface area (Å²) in [6.45, 7) is 2.03. The van der Waals surface area contributed by atoms with Crippen LogP contribution in [0.4, 0.5) is 4.79 Å². The van der Waals surface area contributed by atoms with Gasteiger partial charge in [-0.05, 0) is 25.1 Å². The Morgan fingerprint density at radius 2 is 1.96 bits per heavy atom. The van der Waals surface area contributed by atoms with Crippen molar-refractivity contribution in [2.75, 3.05) is 34.5 Å². The smallest absolute Gasteiger partial charge is 0.341 e. The van der Waals surface area contributed by atoms with Crippen LogP contribution in [0, 0.1) is 5.92 Å². The SMILES string of the molecule is COCCOC(=O)C1C(C)=NC(=O)NC1c1cc(OC)ccc1OC. The largest absolute Gasteiger partial charge is 0.497 e. The van der Waals surface area contributed by atoms with E-state index in [1.54, 1.807) is 25.1 Å². The zero-order valence-corrected chi connectivity index (χ0v) is 14.7. The summed E-state index contributed by atoms with van der Waals surface area (Å²) in [6.07, 6.45) is 0. The third kappa shape index (κ3) is 4.27. The van der Waals surface area contributed by atoms with Gasteiger partial charge in [-0.3, -0.25) is 4.79 Å². The summed E-state index contributed by atoms with van der Waals surface area (Å²) >= 11 is 0. The minimum atomic E-state index is -0.768. The fourth-order valence-corrected chi connectivity index (χ4v) is 2.68. The Hall–Kier alpha value is -2.61. The summed E-state index contributed by atoms with van der Waals surface area (Å²) in [5.74, 6) is -0.157. The Kier molecular flexibility index (Phi) is 6.35. The molecule has 1 aromatic rings. The Morgan fingerprint density at radius 1 is 1.20 bits per heavy atom. The Morgan fingerprint density at radius 3 is 2.60 bits per heavy atom. The van der Waals surface area contributed by atoms with Crippen molar-refractivity contribution in [2.45, 2.75) is 13.0 Å². The monoisotopic (exact) mass is 350 g/mol. The third-order valence-corrected chi connectivity index (χ3v) is 3.90. The molecule has 136 valence electrons. The summed E-state index contributed by atoms with van der Waals surface area (Å²) in [5.41, 5.74) is 0.985. The molecule has 2 rings (SSSR count). The van der Waals surface area contributed by atoms with Gasteiger partial charge in [-0.15, -0.1) is 0 Å². The molecule has 2 atom stereocenters. The van der Waals surface area contributed by atoms with E-state index in [1.165, 1.54) is 21.3 Å². The molecular formula is C17H22N2O6. The van der Waals surface area contributed by atoms with Gasteiger partial charge >= 0.3 is 12.0 Å². The van der Waals surface area contributed by atoms with E-state index < -0.39 is 24.0 Å². The molecule has 25 heavy (non-hydrogen) atoms. The van der Waals surface area contributed by atoms with Gasteiger partial charge < -0.3 is 24.3 Å². The average molecular weight is 350 g/mol. The normalized spacial score (nSPS) is 19.7. The highest BCUT2D eigenvalue weighted by molar-refractivity contribution is 6.08. The molecule has 1 N–H and O–H groups in total. The molecule has 8 nitrogen and oxygen atoms in total. The lowest BCUT2D eigenvalue weighted by atomic mass is 9.87. The van der Waals surface area contributed by atoms with Gasteiger partial charge in [-0.1, -0.05) is 0 Å². The predicted molar refractivity (Wildman–Crippen MR) is 90.3 cm³/mol. The van der Waals surface area contributed by atoms with Crippen molar-refractivity contribution < 1.29 is 28.5 Å². The number of amides is 2. The van der Waals surface area contributed by atoms with Crippen LogP contribution in [0.25, 0.3) is 0 Å². The molecule has 2 amide bonds. The van der Waals surface area contributed by atoms with Crippen molar-refractivity contribution in [3.05, 3.63) is 23.8 Å². The minimum absolute atomic E-state index is 0.120. The van der Waals surface area contributed by atoms with Crippen molar-refractivity contribution in [2.24, 2.45) is 10.9 Å². The van der Waals surface area contributed by atoms with E-state index in [2.05, 4.69) is 10.3 Å². The number of methoxy groups -OCH3 is 3. The number of benzene rings is 1. The number of nitrogens with one attached hydrogen (secondary N) is 1. The summed E-state index contributed by atoms with van der Waals surface area (Å²) < 4.78 is 20.7. The second-order valence-corrected chi connectivity index (χ2v) is 5.43. The maximum absolute atomic E-state index is 12.5. The van der Waals surface area contributed by atoms with E-state index in [1.807, 2.05) is 0 Å². The van der Waals surface area contributed by atoms with Crippen molar-refractivity contribution >= 4 is 17.7 Å². The molecule has 0 saturated heterocycles. The van der Waals surface area contributed by atoms with Crippen LogP contribution in [0.3, 0.4) is 0 Å². The van der Waals surface area contributed by atoms with Crippen LogP contribution in [0.1, 0.15) is 18.5 Å². The highest BCUT2D eigenvalue weighted by Crippen LogP contribution is 2.36. The third-order valence-electron chi connectivity index (χ3n) is 3.90. The summed E-state index contributed by atoms with van der Waals surface area (Å²) in [6, 6.07) is 3.98. The van der Waals surface area contributed by atoms with Gasteiger partial charge in [0.25, 0.3) is 0 Å². The minimum Gasteiger partial charge on any atom is -0.497 e. The van der Waals surface area contributed by atoms with Gasteiger partial charge in [0, 0.05) is 18.4 Å². The number of hydrogen-bond donors (Lipinski definition) is 1. The van der Waals surface area contributed by atoms with E-state index >= 15 is 0 Å². The number of carbonyl (C=O) groups excluding carboxylic acids is 2. The molecule has 1 aliphatic heterocycles. The maximum Gasteiger partial charge on any atom is 0.341 e. The van der Waals surface area contributed by atoms with Crippen molar-refractivity contribution in [1.29, 1.82) is 0 Å². The first-order valence-corrected chi connectivity index (χ1v) is 7.75. The number of ether oxygens (including phenoxy) is 4. The Balaban J connectivity index is 2.40. The van der Waals surface area contributed by atoms with Crippen molar-refractivity contribution in [1.82, 2.24) is 5.32 Å². The number of carbonyl (C=O) groups is 2. The van der Waals surface area contributed by atoms with Gasteiger partial charge in [0.2, 0.25) is 0 Å². The van der Waals surface area contributed by atoms with Crippen molar-refractivity contribution in [3.63, 3.8) is 0 Å². The van der Waals surface area contributed by atoms with E-state index in [0.717, 1.165) is 0 Å². The van der Waals surface area contributed by atoms with Crippen LogP contribution in [0.2, 0.25) is 0 Å². The van der Waals surface area contributed by atoms with Crippen LogP contribution >= 0.6 is 0 Å². The maximum atomic E-state index is 12.5. The molecule has 2 unspecified atom stereocenters. The molecule has 8 heteroatoms. The zero-order valence-electron chi connectivity index (χ0n) is 14.7. The van der Waals surface area contributed by atoms with E-state index in [0.29, 0.717) is 22.8 Å². The first-order chi connectivity index (χ1) is 12.0. The molecule has 0 fully saturated rings. The Labute approximate surface area is 146 Å². The number of esters is 1. The predicted octanol–water partition coefficient (Wildman–Crippen LogP) is 1.73. The highest BCUT2D eigenvalue weighted by atomic mass is 16.6. The lowest BCUT2D eigenvalue weighted by Gasteiger charge is -2.30. The number of urea groups is 1. The number of aliphatic imine (C=N–C) groups is 1. The molecule has 0 aromatic heterocycles. The fourth-order valence-electron chi connectivity index (χ4n) is 2.68. The van der Waals surface area contributed by atoms with E-state index in [4.69, 9.17) is 18.9 Å². The lowest BCUT2D eigenvalue weighted by Crippen LogP contribution is -2.44. The quantitative estimate of drug-likeness (QED) is 0.594. The topological polar surface area (TPSA) is 95.5 Å². The molecule has 0 aliphatic carbocycles. The van der Waals surface area contributed by atoms with Gasteiger partial charge in [-0.25, -0.2) is 9.79 Å².